The summed E-state index contributed by atoms with van der Waals surface area (Å²) >= 11 is 3.42. The minimum absolute atomic E-state index is 0.121. The van der Waals surface area contributed by atoms with Gasteiger partial charge < -0.3 is 19.9 Å². The van der Waals surface area contributed by atoms with Crippen LogP contribution < -0.4 is 15.0 Å². The maximum Gasteiger partial charge on any atom is 0.260 e. The quantitative estimate of drug-likeness (QED) is 0.721. The third-order valence-corrected chi connectivity index (χ3v) is 5.48. The molecule has 0 aliphatic carbocycles. The lowest BCUT2D eigenvalue weighted by Crippen LogP contribution is -2.46. The predicted molar refractivity (Wildman–Crippen MR) is 119 cm³/mol. The number of amides is 3. The van der Waals surface area contributed by atoms with Crippen molar-refractivity contribution in [3.05, 3.63) is 52.5 Å². The molecule has 0 saturated carbocycles. The molecular weight excluding hydrogens is 450 g/mol. The van der Waals surface area contributed by atoms with Gasteiger partial charge in [-0.15, -0.1) is 0 Å². The average Bonchev–Trinajstić information content (AvgIpc) is 2.81. The van der Waals surface area contributed by atoms with Crippen molar-refractivity contribution >= 4 is 45.0 Å². The van der Waals surface area contributed by atoms with Crippen LogP contribution in [0.2, 0.25) is 0 Å². The summed E-state index contributed by atoms with van der Waals surface area (Å²) in [6.07, 6.45) is 0.183. The summed E-state index contributed by atoms with van der Waals surface area (Å²) in [5.41, 5.74) is 2.28. The van der Waals surface area contributed by atoms with Gasteiger partial charge in [0.1, 0.15) is 5.75 Å². The second-order valence-corrected chi connectivity index (χ2v) is 8.21. The van der Waals surface area contributed by atoms with Crippen LogP contribution in [0.15, 0.2) is 46.9 Å². The number of carbonyl (C=O) groups is 3. The smallest absolute Gasteiger partial charge is 0.260 e. The Hall–Kier alpha value is -2.87. The second kappa shape index (κ2) is 9.30. The van der Waals surface area contributed by atoms with Gasteiger partial charge in [0.05, 0.1) is 22.4 Å². The molecule has 0 bridgehead atoms. The Labute approximate surface area is 184 Å². The van der Waals surface area contributed by atoms with Gasteiger partial charge in [0.25, 0.3) is 5.91 Å². The van der Waals surface area contributed by atoms with Crippen LogP contribution in [-0.4, -0.2) is 48.9 Å². The van der Waals surface area contributed by atoms with Crippen molar-refractivity contribution in [3.63, 3.8) is 0 Å². The van der Waals surface area contributed by atoms with Crippen molar-refractivity contribution in [1.82, 2.24) is 4.90 Å². The second-order valence-electron chi connectivity index (χ2n) is 7.35. The van der Waals surface area contributed by atoms with Crippen molar-refractivity contribution < 1.29 is 19.1 Å². The van der Waals surface area contributed by atoms with Gasteiger partial charge in [-0.25, -0.2) is 0 Å². The minimum Gasteiger partial charge on any atom is -0.483 e. The molecule has 0 saturated heterocycles. The van der Waals surface area contributed by atoms with Gasteiger partial charge >= 0.3 is 0 Å². The summed E-state index contributed by atoms with van der Waals surface area (Å²) < 4.78 is 6.36. The number of nitrogens with zero attached hydrogens (tertiary/aromatic N) is 2. The molecule has 8 heteroatoms. The molecule has 30 heavy (non-hydrogen) atoms. The van der Waals surface area contributed by atoms with E-state index in [1.54, 1.807) is 36.2 Å². The molecule has 1 heterocycles. The summed E-state index contributed by atoms with van der Waals surface area (Å²) in [6.45, 7) is 3.48. The standard InChI is InChI=1S/C22H24BrN3O4/c1-14-8-9-19(16(23)10-14)30-13-22(29)25(3)12-21(28)26-15(2)11-20(27)24-17-6-4-5-7-18(17)26/h4-10,15H,11-13H2,1-3H3,(H,24,27). The van der Waals surface area contributed by atoms with E-state index in [1.807, 2.05) is 32.0 Å². The van der Waals surface area contributed by atoms with Crippen LogP contribution in [0, 0.1) is 6.92 Å². The number of rotatable bonds is 5. The van der Waals surface area contributed by atoms with Gasteiger partial charge in [0, 0.05) is 19.5 Å². The van der Waals surface area contributed by atoms with E-state index in [0.717, 1.165) is 10.0 Å². The molecule has 3 rings (SSSR count). The third-order valence-electron chi connectivity index (χ3n) is 4.86. The number of hydrogen-bond acceptors (Lipinski definition) is 4. The van der Waals surface area contributed by atoms with Gasteiger partial charge in [0.15, 0.2) is 6.61 Å². The van der Waals surface area contributed by atoms with Gasteiger partial charge in [-0.3, -0.25) is 14.4 Å². The minimum atomic E-state index is -0.329. The molecule has 158 valence electrons. The van der Waals surface area contributed by atoms with Gasteiger partial charge in [-0.05, 0) is 59.6 Å². The lowest BCUT2D eigenvalue weighted by Gasteiger charge is -2.29. The Bertz CT molecular complexity index is 979. The van der Waals surface area contributed by atoms with E-state index in [1.165, 1.54) is 4.90 Å². The first-order valence-electron chi connectivity index (χ1n) is 9.60. The highest BCUT2D eigenvalue weighted by Crippen LogP contribution is 2.31. The molecule has 2 aromatic carbocycles. The Morgan fingerprint density at radius 3 is 2.73 bits per heavy atom. The molecule has 1 unspecified atom stereocenters. The summed E-state index contributed by atoms with van der Waals surface area (Å²) in [5, 5.41) is 2.82. The lowest BCUT2D eigenvalue weighted by molar-refractivity contribution is -0.135. The first-order valence-corrected chi connectivity index (χ1v) is 10.4. The number of hydrogen-bond donors (Lipinski definition) is 1. The zero-order valence-corrected chi connectivity index (χ0v) is 18.7. The summed E-state index contributed by atoms with van der Waals surface area (Å²) in [4.78, 5) is 40.6. The van der Waals surface area contributed by atoms with Crippen molar-refractivity contribution in [2.24, 2.45) is 0 Å². The van der Waals surface area contributed by atoms with E-state index < -0.39 is 0 Å². The highest BCUT2D eigenvalue weighted by molar-refractivity contribution is 9.10. The van der Waals surface area contributed by atoms with E-state index in [-0.39, 0.29) is 43.3 Å². The van der Waals surface area contributed by atoms with Crippen LogP contribution in [0.4, 0.5) is 11.4 Å². The summed E-state index contributed by atoms with van der Waals surface area (Å²) in [6, 6.07) is 12.4. The van der Waals surface area contributed by atoms with Crippen molar-refractivity contribution in [1.29, 1.82) is 0 Å². The Morgan fingerprint density at radius 1 is 1.27 bits per heavy atom. The first kappa shape index (κ1) is 21.8. The van der Waals surface area contributed by atoms with Gasteiger partial charge in [0.2, 0.25) is 11.8 Å². The Kier molecular flexibility index (Phi) is 6.77. The highest BCUT2D eigenvalue weighted by atomic mass is 79.9. The molecule has 7 nitrogen and oxygen atoms in total. The molecule has 1 aliphatic rings. The topological polar surface area (TPSA) is 79.0 Å². The molecule has 3 amide bonds. The zero-order chi connectivity index (χ0) is 21.8. The molecule has 0 aromatic heterocycles. The fourth-order valence-electron chi connectivity index (χ4n) is 3.31. The number of halogens is 1. The van der Waals surface area contributed by atoms with E-state index in [2.05, 4.69) is 21.2 Å². The maximum absolute atomic E-state index is 13.1. The molecule has 1 N–H and O–H groups in total. The maximum atomic E-state index is 13.1. The molecule has 0 spiro atoms. The predicted octanol–water partition coefficient (Wildman–Crippen LogP) is 3.36. The van der Waals surface area contributed by atoms with Crippen LogP contribution in [0.3, 0.4) is 0 Å². The Morgan fingerprint density at radius 2 is 2.00 bits per heavy atom. The molecular formula is C22H24BrN3O4. The van der Waals surface area contributed by atoms with Crippen LogP contribution in [0.25, 0.3) is 0 Å². The number of anilines is 2. The van der Waals surface area contributed by atoms with Crippen LogP contribution in [0.5, 0.6) is 5.75 Å². The fraction of sp³-hybridized carbons (Fsp3) is 0.318. The normalized spacial score (nSPS) is 15.7. The highest BCUT2D eigenvalue weighted by Gasteiger charge is 2.30. The SMILES string of the molecule is Cc1ccc(OCC(=O)N(C)CC(=O)N2c3ccccc3NC(=O)CC2C)c(Br)c1. The number of fused-ring (bicyclic) bond motifs is 1. The number of likely N-dealkylation sites (N-methyl/N-ethyl adjacent to an activating group) is 1. The average molecular weight is 474 g/mol. The summed E-state index contributed by atoms with van der Waals surface area (Å²) in [5.74, 6) is -0.167. The fourth-order valence-corrected chi connectivity index (χ4v) is 3.92. The van der Waals surface area contributed by atoms with Crippen LogP contribution >= 0.6 is 15.9 Å². The Balaban J connectivity index is 1.67. The monoisotopic (exact) mass is 473 g/mol. The lowest BCUT2D eigenvalue weighted by atomic mass is 10.1. The third kappa shape index (κ3) is 4.99. The molecule has 2 aromatic rings. The van der Waals surface area contributed by atoms with Crippen molar-refractivity contribution in [3.8, 4) is 5.75 Å². The number of carbonyl (C=O) groups excluding carboxylic acids is 3. The van der Waals surface area contributed by atoms with Crippen LogP contribution in [-0.2, 0) is 14.4 Å². The summed E-state index contributed by atoms with van der Waals surface area (Å²) in [7, 11) is 1.56. The zero-order valence-electron chi connectivity index (χ0n) is 17.1. The van der Waals surface area contributed by atoms with E-state index in [4.69, 9.17) is 4.74 Å². The first-order chi connectivity index (χ1) is 14.3. The largest absolute Gasteiger partial charge is 0.483 e. The van der Waals surface area contributed by atoms with E-state index >= 15 is 0 Å². The van der Waals surface area contributed by atoms with E-state index in [9.17, 15) is 14.4 Å². The van der Waals surface area contributed by atoms with Gasteiger partial charge in [-0.1, -0.05) is 18.2 Å². The molecule has 0 radical (unpaired) electrons. The number of benzene rings is 2. The van der Waals surface area contributed by atoms with E-state index in [0.29, 0.717) is 17.1 Å². The van der Waals surface area contributed by atoms with Crippen molar-refractivity contribution in [2.45, 2.75) is 26.3 Å². The molecule has 0 fully saturated rings. The number of nitrogens with one attached hydrogen (secondary N) is 1. The van der Waals surface area contributed by atoms with Crippen LogP contribution in [0.1, 0.15) is 18.9 Å². The van der Waals surface area contributed by atoms with Crippen molar-refractivity contribution in [2.75, 3.05) is 30.4 Å². The number of ether oxygens (including phenoxy) is 1. The number of para-hydroxylation sites is 2. The molecule has 1 atom stereocenters. The van der Waals surface area contributed by atoms with Gasteiger partial charge in [-0.2, -0.15) is 0 Å². The molecule has 1 aliphatic heterocycles. The number of aryl methyl sites for hydroxylation is 1.